The lowest BCUT2D eigenvalue weighted by atomic mass is 10.1. The summed E-state index contributed by atoms with van der Waals surface area (Å²) in [7, 11) is 0. The first-order valence-corrected chi connectivity index (χ1v) is 10.3. The molecule has 0 saturated carbocycles. The maximum atomic E-state index is 12.9. The van der Waals surface area contributed by atoms with Crippen LogP contribution in [0.15, 0.2) is 24.3 Å². The van der Waals surface area contributed by atoms with Gasteiger partial charge in [0.15, 0.2) is 5.82 Å². The van der Waals surface area contributed by atoms with Crippen molar-refractivity contribution in [1.29, 1.82) is 0 Å². The van der Waals surface area contributed by atoms with Gasteiger partial charge in [-0.3, -0.25) is 4.79 Å². The molecule has 0 spiro atoms. The molecular weight excluding hydrogens is 388 g/mol. The number of amides is 1. The number of fused-ring (bicyclic) bond motifs is 1. The summed E-state index contributed by atoms with van der Waals surface area (Å²) in [5, 5.41) is 5.21. The Morgan fingerprint density at radius 1 is 1.10 bits per heavy atom. The monoisotopic (exact) mass is 412 g/mol. The van der Waals surface area contributed by atoms with Crippen LogP contribution >= 0.6 is 11.6 Å². The highest BCUT2D eigenvalue weighted by molar-refractivity contribution is 6.33. The average molecular weight is 413 g/mol. The van der Waals surface area contributed by atoms with Gasteiger partial charge in [-0.05, 0) is 32.5 Å². The lowest BCUT2D eigenvalue weighted by Gasteiger charge is -2.34. The highest BCUT2D eigenvalue weighted by Crippen LogP contribution is 2.26. The van der Waals surface area contributed by atoms with Gasteiger partial charge in [0, 0.05) is 48.7 Å². The SMILES string of the molecule is CCN1CCN(C(=O)Cc2c(C)nc3nc(-c4ccccc4Cl)nn3c2C)CC1. The number of hydrogen-bond donors (Lipinski definition) is 0. The van der Waals surface area contributed by atoms with Gasteiger partial charge in [-0.15, -0.1) is 5.10 Å². The minimum atomic E-state index is 0.138. The molecule has 1 aliphatic rings. The second kappa shape index (κ2) is 8.08. The molecule has 0 bridgehead atoms. The van der Waals surface area contributed by atoms with Crippen molar-refractivity contribution in [2.45, 2.75) is 27.2 Å². The number of carbonyl (C=O) groups excluding carboxylic acids is 1. The minimum absolute atomic E-state index is 0.138. The first-order valence-electron chi connectivity index (χ1n) is 9.95. The number of halogens is 1. The Hall–Kier alpha value is -2.51. The van der Waals surface area contributed by atoms with Crippen LogP contribution in [0.4, 0.5) is 0 Å². The topological polar surface area (TPSA) is 66.6 Å². The average Bonchev–Trinajstić information content (AvgIpc) is 3.15. The largest absolute Gasteiger partial charge is 0.340 e. The molecule has 0 aliphatic carbocycles. The quantitative estimate of drug-likeness (QED) is 0.659. The van der Waals surface area contributed by atoms with Gasteiger partial charge in [0.25, 0.3) is 5.78 Å². The summed E-state index contributed by atoms with van der Waals surface area (Å²) in [6, 6.07) is 7.48. The first-order chi connectivity index (χ1) is 14.0. The van der Waals surface area contributed by atoms with E-state index in [0.717, 1.165) is 55.2 Å². The van der Waals surface area contributed by atoms with E-state index in [1.54, 1.807) is 4.52 Å². The van der Waals surface area contributed by atoms with E-state index < -0.39 is 0 Å². The fraction of sp³-hybridized carbons (Fsp3) is 0.429. The van der Waals surface area contributed by atoms with Crippen molar-refractivity contribution in [2.75, 3.05) is 32.7 Å². The Kier molecular flexibility index (Phi) is 5.52. The van der Waals surface area contributed by atoms with Crippen molar-refractivity contribution in [1.82, 2.24) is 29.4 Å². The molecule has 0 atom stereocenters. The van der Waals surface area contributed by atoms with Crippen molar-refractivity contribution in [3.63, 3.8) is 0 Å². The maximum absolute atomic E-state index is 12.9. The highest BCUT2D eigenvalue weighted by atomic mass is 35.5. The van der Waals surface area contributed by atoms with E-state index >= 15 is 0 Å². The fourth-order valence-corrected chi connectivity index (χ4v) is 4.02. The Balaban J connectivity index is 1.62. The van der Waals surface area contributed by atoms with E-state index in [-0.39, 0.29) is 5.91 Å². The number of carbonyl (C=O) groups is 1. The molecule has 152 valence electrons. The van der Waals surface area contributed by atoms with E-state index in [2.05, 4.69) is 26.9 Å². The Morgan fingerprint density at radius 2 is 1.83 bits per heavy atom. The number of benzene rings is 1. The molecule has 0 N–H and O–H groups in total. The van der Waals surface area contributed by atoms with Crippen LogP contribution in [0.25, 0.3) is 17.2 Å². The number of likely N-dealkylation sites (N-methyl/N-ethyl adjacent to an activating group) is 1. The summed E-state index contributed by atoms with van der Waals surface area (Å²) in [6.07, 6.45) is 0.327. The fourth-order valence-electron chi connectivity index (χ4n) is 3.80. The third-order valence-corrected chi connectivity index (χ3v) is 5.99. The molecule has 7 nitrogen and oxygen atoms in total. The molecule has 4 rings (SSSR count). The van der Waals surface area contributed by atoms with E-state index in [1.165, 1.54) is 0 Å². The number of hydrogen-bond acceptors (Lipinski definition) is 5. The van der Waals surface area contributed by atoms with Crippen molar-refractivity contribution in [3.05, 3.63) is 46.2 Å². The first kappa shape index (κ1) is 19.8. The van der Waals surface area contributed by atoms with Crippen LogP contribution in [0.5, 0.6) is 0 Å². The summed E-state index contributed by atoms with van der Waals surface area (Å²) >= 11 is 6.30. The van der Waals surface area contributed by atoms with E-state index in [1.807, 2.05) is 43.0 Å². The third kappa shape index (κ3) is 3.84. The predicted molar refractivity (Wildman–Crippen MR) is 113 cm³/mol. The number of aromatic nitrogens is 4. The van der Waals surface area contributed by atoms with Crippen LogP contribution < -0.4 is 0 Å². The van der Waals surface area contributed by atoms with Crippen LogP contribution in [-0.2, 0) is 11.2 Å². The van der Waals surface area contributed by atoms with Gasteiger partial charge in [-0.2, -0.15) is 4.98 Å². The highest BCUT2D eigenvalue weighted by Gasteiger charge is 2.23. The van der Waals surface area contributed by atoms with Crippen molar-refractivity contribution in [3.8, 4) is 11.4 Å². The molecule has 1 fully saturated rings. The molecular formula is C21H25ClN6O. The molecule has 2 aromatic heterocycles. The second-order valence-corrected chi connectivity index (χ2v) is 7.79. The van der Waals surface area contributed by atoms with Gasteiger partial charge in [0.1, 0.15) is 0 Å². The minimum Gasteiger partial charge on any atom is -0.340 e. The summed E-state index contributed by atoms with van der Waals surface area (Å²) in [5.41, 5.74) is 3.38. The summed E-state index contributed by atoms with van der Waals surface area (Å²) in [6.45, 7) is 10.5. The van der Waals surface area contributed by atoms with E-state index in [9.17, 15) is 4.79 Å². The molecule has 0 radical (unpaired) electrons. The molecule has 3 heterocycles. The van der Waals surface area contributed by atoms with Crippen molar-refractivity contribution in [2.24, 2.45) is 0 Å². The zero-order valence-electron chi connectivity index (χ0n) is 17.0. The van der Waals surface area contributed by atoms with Gasteiger partial charge in [-0.1, -0.05) is 30.7 Å². The number of rotatable bonds is 4. The summed E-state index contributed by atoms with van der Waals surface area (Å²) in [4.78, 5) is 26.4. The van der Waals surface area contributed by atoms with Crippen LogP contribution in [0.1, 0.15) is 23.9 Å². The maximum Gasteiger partial charge on any atom is 0.253 e. The standard InChI is InChI=1S/C21H25ClN6O/c1-4-26-9-11-27(12-10-26)19(29)13-17-14(2)23-21-24-20(25-28(21)15(17)3)16-7-5-6-8-18(16)22/h5-8H,4,9-13H2,1-3H3. The Labute approximate surface area is 175 Å². The van der Waals surface area contributed by atoms with E-state index in [0.29, 0.717) is 23.0 Å². The van der Waals surface area contributed by atoms with Gasteiger partial charge < -0.3 is 9.80 Å². The summed E-state index contributed by atoms with van der Waals surface area (Å²) < 4.78 is 1.71. The number of aryl methyl sites for hydroxylation is 2. The molecule has 1 aromatic carbocycles. The van der Waals surface area contributed by atoms with Crippen LogP contribution in [0, 0.1) is 13.8 Å². The zero-order chi connectivity index (χ0) is 20.5. The normalized spacial score (nSPS) is 15.2. The van der Waals surface area contributed by atoms with Crippen molar-refractivity contribution >= 4 is 23.3 Å². The zero-order valence-corrected chi connectivity index (χ0v) is 17.8. The molecule has 1 aliphatic heterocycles. The predicted octanol–water partition coefficient (Wildman–Crippen LogP) is 2.77. The second-order valence-electron chi connectivity index (χ2n) is 7.38. The molecule has 1 amide bonds. The molecule has 1 saturated heterocycles. The Morgan fingerprint density at radius 3 is 2.52 bits per heavy atom. The molecule has 29 heavy (non-hydrogen) atoms. The van der Waals surface area contributed by atoms with Gasteiger partial charge in [0.2, 0.25) is 5.91 Å². The lowest BCUT2D eigenvalue weighted by molar-refractivity contribution is -0.132. The molecule has 8 heteroatoms. The van der Waals surface area contributed by atoms with Gasteiger partial charge in [0.05, 0.1) is 11.4 Å². The third-order valence-electron chi connectivity index (χ3n) is 5.66. The Bertz CT molecular complexity index is 1050. The number of nitrogens with zero attached hydrogens (tertiary/aromatic N) is 6. The smallest absolute Gasteiger partial charge is 0.253 e. The molecule has 3 aromatic rings. The van der Waals surface area contributed by atoms with E-state index in [4.69, 9.17) is 11.6 Å². The van der Waals surface area contributed by atoms with Gasteiger partial charge in [-0.25, -0.2) is 9.50 Å². The lowest BCUT2D eigenvalue weighted by Crippen LogP contribution is -2.49. The number of piperazine rings is 1. The van der Waals surface area contributed by atoms with Crippen LogP contribution in [0.3, 0.4) is 0 Å². The van der Waals surface area contributed by atoms with Crippen LogP contribution in [0.2, 0.25) is 5.02 Å². The van der Waals surface area contributed by atoms with Crippen LogP contribution in [-0.4, -0.2) is 68.0 Å². The summed E-state index contributed by atoms with van der Waals surface area (Å²) in [5.74, 6) is 1.19. The van der Waals surface area contributed by atoms with Crippen molar-refractivity contribution < 1.29 is 4.79 Å². The molecule has 0 unspecified atom stereocenters. The van der Waals surface area contributed by atoms with Gasteiger partial charge >= 0.3 is 0 Å².